The summed E-state index contributed by atoms with van der Waals surface area (Å²) in [7, 11) is 0. The Balaban J connectivity index is 2.14. The van der Waals surface area contributed by atoms with Crippen LogP contribution in [0.15, 0.2) is 0 Å². The molecule has 0 radical (unpaired) electrons. The van der Waals surface area contributed by atoms with Crippen LogP contribution in [-0.4, -0.2) is 70.4 Å². The predicted octanol–water partition coefficient (Wildman–Crippen LogP) is -1.53. The second-order valence-electron chi connectivity index (χ2n) is 5.35. The summed E-state index contributed by atoms with van der Waals surface area (Å²) in [5, 5.41) is 15.9. The zero-order valence-electron chi connectivity index (χ0n) is 12.4. The van der Waals surface area contributed by atoms with Gasteiger partial charge in [0, 0.05) is 19.5 Å². The van der Waals surface area contributed by atoms with E-state index in [0.29, 0.717) is 25.7 Å². The van der Waals surface area contributed by atoms with Gasteiger partial charge < -0.3 is 20.5 Å². The molecule has 23 heavy (non-hydrogen) atoms. The molecule has 2 fully saturated rings. The molecule has 0 spiro atoms. The van der Waals surface area contributed by atoms with Crippen LogP contribution in [-0.2, 0) is 19.2 Å². The molecule has 10 heteroatoms. The highest BCUT2D eigenvalue weighted by Crippen LogP contribution is 2.21. The van der Waals surface area contributed by atoms with Gasteiger partial charge in [-0.2, -0.15) is 0 Å². The Kier molecular flexibility index (Phi) is 5.14. The molecule has 2 atom stereocenters. The molecule has 3 N–H and O–H groups in total. The minimum atomic E-state index is -1.23. The number of aldehydes is 1. The largest absolute Gasteiger partial charge is 0.481 e. The molecule has 2 saturated heterocycles. The molecular formula is C13H18N4O6. The highest BCUT2D eigenvalue weighted by atomic mass is 16.4. The Hall–Kier alpha value is -2.65. The van der Waals surface area contributed by atoms with Crippen LogP contribution in [0.1, 0.15) is 25.7 Å². The first kappa shape index (κ1) is 16.7. The molecule has 2 aliphatic rings. The summed E-state index contributed by atoms with van der Waals surface area (Å²) in [5.74, 6) is -2.15. The van der Waals surface area contributed by atoms with Crippen LogP contribution in [0.4, 0.5) is 4.79 Å². The van der Waals surface area contributed by atoms with Crippen molar-refractivity contribution < 1.29 is 29.1 Å². The van der Waals surface area contributed by atoms with Crippen LogP contribution >= 0.6 is 0 Å². The Labute approximate surface area is 131 Å². The van der Waals surface area contributed by atoms with Crippen molar-refractivity contribution in [3.05, 3.63) is 0 Å². The monoisotopic (exact) mass is 326 g/mol. The minimum absolute atomic E-state index is 0.145. The number of carboxylic acid groups (broad SMARTS) is 1. The van der Waals surface area contributed by atoms with Crippen molar-refractivity contribution in [3.8, 4) is 0 Å². The average molecular weight is 326 g/mol. The lowest BCUT2D eigenvalue weighted by atomic mass is 10.1. The van der Waals surface area contributed by atoms with Gasteiger partial charge in [0.05, 0.1) is 12.5 Å². The first-order valence-electron chi connectivity index (χ1n) is 7.29. The fourth-order valence-corrected chi connectivity index (χ4v) is 2.66. The first-order chi connectivity index (χ1) is 10.9. The number of carboxylic acids is 1. The number of carbonyl (C=O) groups is 5. The van der Waals surface area contributed by atoms with Crippen molar-refractivity contribution in [1.82, 2.24) is 20.7 Å². The van der Waals surface area contributed by atoms with E-state index in [1.807, 2.05) is 0 Å². The summed E-state index contributed by atoms with van der Waals surface area (Å²) in [6.07, 6.45) is 0.781. The van der Waals surface area contributed by atoms with Crippen LogP contribution in [0, 0.1) is 0 Å². The van der Waals surface area contributed by atoms with E-state index in [9.17, 15) is 24.0 Å². The standard InChI is InChI=1S/C13H18N4O6/c18-7-8(6-11(20)21)15-12(22)9-2-1-5-16-10(19)3-4-14-13(23)17(9)16/h7-9H,1-6H2,(H,14,23)(H,15,22)(H,20,21)/t8-,9-/m0/s1. The van der Waals surface area contributed by atoms with E-state index >= 15 is 0 Å². The van der Waals surface area contributed by atoms with Crippen molar-refractivity contribution in [2.24, 2.45) is 0 Å². The molecule has 0 saturated carbocycles. The summed E-state index contributed by atoms with van der Waals surface area (Å²) in [4.78, 5) is 58.0. The highest BCUT2D eigenvalue weighted by molar-refractivity contribution is 5.92. The number of amides is 4. The van der Waals surface area contributed by atoms with Crippen molar-refractivity contribution in [1.29, 1.82) is 0 Å². The smallest absolute Gasteiger partial charge is 0.337 e. The third-order valence-corrected chi connectivity index (χ3v) is 3.70. The van der Waals surface area contributed by atoms with Gasteiger partial charge in [-0.15, -0.1) is 0 Å². The Bertz CT molecular complexity index is 537. The molecule has 0 aromatic heterocycles. The zero-order chi connectivity index (χ0) is 17.0. The number of nitrogens with zero attached hydrogens (tertiary/aromatic N) is 2. The summed E-state index contributed by atoms with van der Waals surface area (Å²) in [5.41, 5.74) is 0. The molecule has 4 amide bonds. The molecule has 126 valence electrons. The summed E-state index contributed by atoms with van der Waals surface area (Å²) >= 11 is 0. The van der Waals surface area contributed by atoms with Crippen molar-refractivity contribution in [2.75, 3.05) is 13.1 Å². The molecule has 0 aliphatic carbocycles. The van der Waals surface area contributed by atoms with Crippen molar-refractivity contribution >= 4 is 30.1 Å². The lowest BCUT2D eigenvalue weighted by molar-refractivity contribution is -0.155. The van der Waals surface area contributed by atoms with Gasteiger partial charge in [0.2, 0.25) is 11.8 Å². The van der Waals surface area contributed by atoms with Gasteiger partial charge in [0.25, 0.3) is 0 Å². The summed E-state index contributed by atoms with van der Waals surface area (Å²) < 4.78 is 0. The van der Waals surface area contributed by atoms with E-state index < -0.39 is 36.4 Å². The van der Waals surface area contributed by atoms with Gasteiger partial charge in [-0.05, 0) is 12.8 Å². The third kappa shape index (κ3) is 3.76. The fraction of sp³-hybridized carbons (Fsp3) is 0.615. The molecule has 0 bridgehead atoms. The Morgan fingerprint density at radius 1 is 1.43 bits per heavy atom. The molecule has 0 unspecified atom stereocenters. The molecule has 2 heterocycles. The van der Waals surface area contributed by atoms with Gasteiger partial charge in [-0.3, -0.25) is 14.4 Å². The second kappa shape index (κ2) is 7.07. The van der Waals surface area contributed by atoms with E-state index in [1.165, 1.54) is 5.01 Å². The topological polar surface area (TPSA) is 136 Å². The van der Waals surface area contributed by atoms with Crippen LogP contribution in [0.25, 0.3) is 0 Å². The zero-order valence-corrected chi connectivity index (χ0v) is 12.4. The maximum absolute atomic E-state index is 12.3. The Morgan fingerprint density at radius 3 is 2.83 bits per heavy atom. The second-order valence-corrected chi connectivity index (χ2v) is 5.35. The van der Waals surface area contributed by atoms with E-state index in [-0.39, 0.29) is 18.9 Å². The molecule has 0 aromatic rings. The van der Waals surface area contributed by atoms with E-state index in [1.54, 1.807) is 0 Å². The maximum Gasteiger partial charge on any atom is 0.337 e. The normalized spacial score (nSPS) is 22.5. The lowest BCUT2D eigenvalue weighted by Gasteiger charge is -2.41. The maximum atomic E-state index is 12.3. The average Bonchev–Trinajstić information content (AvgIpc) is 2.65. The predicted molar refractivity (Wildman–Crippen MR) is 74.8 cm³/mol. The lowest BCUT2D eigenvalue weighted by Crippen LogP contribution is -2.63. The number of urea groups is 1. The molecule has 2 aliphatic heterocycles. The number of rotatable bonds is 5. The molecule has 10 nitrogen and oxygen atoms in total. The number of fused-ring (bicyclic) bond motifs is 1. The van der Waals surface area contributed by atoms with Gasteiger partial charge in [-0.25, -0.2) is 14.8 Å². The number of hydrogen-bond donors (Lipinski definition) is 3. The first-order valence-corrected chi connectivity index (χ1v) is 7.29. The van der Waals surface area contributed by atoms with Gasteiger partial charge in [0.15, 0.2) is 0 Å². The van der Waals surface area contributed by atoms with E-state index in [0.717, 1.165) is 5.01 Å². The number of carbonyl (C=O) groups excluding carboxylic acids is 4. The fourth-order valence-electron chi connectivity index (χ4n) is 2.66. The summed E-state index contributed by atoms with van der Waals surface area (Å²) in [6, 6.07) is -2.69. The van der Waals surface area contributed by atoms with Crippen LogP contribution in [0.2, 0.25) is 0 Å². The highest BCUT2D eigenvalue weighted by Gasteiger charge is 2.41. The van der Waals surface area contributed by atoms with Crippen molar-refractivity contribution in [2.45, 2.75) is 37.8 Å². The quantitative estimate of drug-likeness (QED) is 0.524. The van der Waals surface area contributed by atoms with E-state index in [4.69, 9.17) is 5.11 Å². The van der Waals surface area contributed by atoms with Gasteiger partial charge in [-0.1, -0.05) is 0 Å². The van der Waals surface area contributed by atoms with Gasteiger partial charge >= 0.3 is 12.0 Å². The summed E-state index contributed by atoms with van der Waals surface area (Å²) in [6.45, 7) is 0.525. The third-order valence-electron chi connectivity index (χ3n) is 3.70. The SMILES string of the molecule is O=C[C@H](CC(=O)O)NC(=O)[C@@H]1CCCN2C(=O)CCNC(=O)N12. The molecule has 0 aromatic carbocycles. The van der Waals surface area contributed by atoms with Crippen molar-refractivity contribution in [3.63, 3.8) is 0 Å². The minimum Gasteiger partial charge on any atom is -0.481 e. The van der Waals surface area contributed by atoms with Crippen LogP contribution < -0.4 is 10.6 Å². The number of hydrazine groups is 1. The number of hydrogen-bond acceptors (Lipinski definition) is 5. The van der Waals surface area contributed by atoms with E-state index in [2.05, 4.69) is 10.6 Å². The van der Waals surface area contributed by atoms with Crippen LogP contribution in [0.3, 0.4) is 0 Å². The molecule has 2 rings (SSSR count). The number of aliphatic carboxylic acids is 1. The van der Waals surface area contributed by atoms with Crippen LogP contribution in [0.5, 0.6) is 0 Å². The number of nitrogens with one attached hydrogen (secondary N) is 2. The van der Waals surface area contributed by atoms with Gasteiger partial charge in [0.1, 0.15) is 12.3 Å². The molecular weight excluding hydrogens is 308 g/mol. The Morgan fingerprint density at radius 2 is 2.17 bits per heavy atom.